The molecule has 2 saturated heterocycles. The molecule has 13 rings (SSSR count). The Kier molecular flexibility index (Phi) is 8.84. The third-order valence-corrected chi connectivity index (χ3v) is 12.1. The number of amides is 2. The Labute approximate surface area is 346 Å². The predicted molar refractivity (Wildman–Crippen MR) is 234 cm³/mol. The molecule has 5 heterocycles. The Morgan fingerprint density at radius 3 is 1.08 bits per heavy atom. The fourth-order valence-corrected chi connectivity index (χ4v) is 9.35. The van der Waals surface area contributed by atoms with Crippen molar-refractivity contribution in [2.24, 2.45) is 0 Å². The minimum absolute atomic E-state index is 0.153. The van der Waals surface area contributed by atoms with Crippen LogP contribution < -0.4 is 18.9 Å². The molecule has 0 spiro atoms. The molecular weight excluding hydrogens is 749 g/mol. The van der Waals surface area contributed by atoms with Crippen LogP contribution in [0.5, 0.6) is 23.0 Å². The van der Waals surface area contributed by atoms with Crippen molar-refractivity contribution in [1.82, 2.24) is 9.80 Å². The molecule has 0 unspecified atom stereocenters. The van der Waals surface area contributed by atoms with Crippen molar-refractivity contribution in [3.05, 3.63) is 181 Å². The summed E-state index contributed by atoms with van der Waals surface area (Å²) in [5.41, 5.74) is 2.03. The highest BCUT2D eigenvalue weighted by Crippen LogP contribution is 2.48. The van der Waals surface area contributed by atoms with Crippen LogP contribution in [0.1, 0.15) is 23.2 Å². The lowest BCUT2D eigenvalue weighted by atomic mass is 9.83. The van der Waals surface area contributed by atoms with Gasteiger partial charge < -0.3 is 28.7 Å². The highest BCUT2D eigenvalue weighted by molar-refractivity contribution is 6.06. The number of rotatable bonds is 2. The van der Waals surface area contributed by atoms with Gasteiger partial charge in [0.1, 0.15) is 25.3 Å². The second-order valence-electron chi connectivity index (χ2n) is 15.5. The quantitative estimate of drug-likeness (QED) is 0.0987. The smallest absolute Gasteiger partial charge is 0.266 e. The summed E-state index contributed by atoms with van der Waals surface area (Å²) in [7, 11) is 0. The molecule has 0 saturated carbocycles. The van der Waals surface area contributed by atoms with E-state index in [1.165, 1.54) is 0 Å². The molecule has 4 atom stereocenters. The molecular formula is C52H40N2O6. The predicted octanol–water partition coefficient (Wildman–Crippen LogP) is 9.99. The fourth-order valence-electron chi connectivity index (χ4n) is 9.35. The van der Waals surface area contributed by atoms with Crippen LogP contribution in [0.15, 0.2) is 170 Å². The highest BCUT2D eigenvalue weighted by Gasteiger charge is 2.55. The second-order valence-corrected chi connectivity index (χ2v) is 15.5. The minimum atomic E-state index is -0.837. The van der Waals surface area contributed by atoms with Crippen LogP contribution in [0.4, 0.5) is 0 Å². The van der Waals surface area contributed by atoms with E-state index in [2.05, 4.69) is 60.7 Å². The Balaban J connectivity index is 1.06. The number of carbonyl (C=O) groups is 2. The van der Waals surface area contributed by atoms with Gasteiger partial charge in [-0.2, -0.15) is 0 Å². The van der Waals surface area contributed by atoms with E-state index in [0.29, 0.717) is 23.0 Å². The zero-order valence-electron chi connectivity index (χ0n) is 32.6. The maximum absolute atomic E-state index is 14.7. The van der Waals surface area contributed by atoms with E-state index in [9.17, 15) is 9.59 Å². The number of β-lactam (4-membered cyclic amide) rings is 2. The second kappa shape index (κ2) is 14.8. The van der Waals surface area contributed by atoms with E-state index in [1.54, 1.807) is 0 Å². The minimum Gasteiger partial charge on any atom is -0.486 e. The van der Waals surface area contributed by atoms with Gasteiger partial charge in [-0.3, -0.25) is 9.59 Å². The number of nitrogens with zero attached hydrogens (tertiary/aromatic N) is 2. The van der Waals surface area contributed by atoms with Crippen molar-refractivity contribution in [2.75, 3.05) is 26.3 Å². The monoisotopic (exact) mass is 788 g/mol. The first-order chi connectivity index (χ1) is 29.6. The molecule has 8 nitrogen and oxygen atoms in total. The van der Waals surface area contributed by atoms with Gasteiger partial charge in [0.25, 0.3) is 11.8 Å². The number of benzene rings is 8. The molecule has 0 aliphatic carbocycles. The molecule has 2 amide bonds. The molecule has 5 aliphatic rings. The van der Waals surface area contributed by atoms with Crippen molar-refractivity contribution in [3.8, 4) is 23.0 Å². The van der Waals surface area contributed by atoms with Gasteiger partial charge in [-0.25, -0.2) is 0 Å². The third kappa shape index (κ3) is 5.98. The van der Waals surface area contributed by atoms with E-state index in [4.69, 9.17) is 18.9 Å². The van der Waals surface area contributed by atoms with Gasteiger partial charge in [0.2, 0.25) is 12.2 Å². The summed E-state index contributed by atoms with van der Waals surface area (Å²) in [5.74, 6) is 1.73. The largest absolute Gasteiger partial charge is 0.486 e. The summed E-state index contributed by atoms with van der Waals surface area (Å²) in [6, 6.07) is 51.6. The first-order valence-corrected chi connectivity index (χ1v) is 20.5. The van der Waals surface area contributed by atoms with E-state index < -0.39 is 24.3 Å². The zero-order valence-corrected chi connectivity index (χ0v) is 32.6. The SMILES string of the molecule is O=C1[C@H]2Oc3ccccc3OC/C=C/COc3ccccc3O[C@H]3C(=O)N(CCN1[C@@H]2c1c2ccccc2cc2ccccc12)[C@H]3c1c2ccccc2cc2ccccc12. The van der Waals surface area contributed by atoms with Crippen LogP contribution in [0.3, 0.4) is 0 Å². The lowest BCUT2D eigenvalue weighted by molar-refractivity contribution is -0.172. The summed E-state index contributed by atoms with van der Waals surface area (Å²) >= 11 is 0. The zero-order chi connectivity index (χ0) is 40.2. The molecule has 4 bridgehead atoms. The van der Waals surface area contributed by atoms with Crippen LogP contribution >= 0.6 is 0 Å². The number of hydrogen-bond acceptors (Lipinski definition) is 6. The van der Waals surface area contributed by atoms with Gasteiger partial charge >= 0.3 is 0 Å². The molecule has 5 aliphatic heterocycles. The normalized spacial score (nSPS) is 21.1. The van der Waals surface area contributed by atoms with E-state index in [1.807, 2.05) is 119 Å². The van der Waals surface area contributed by atoms with Crippen LogP contribution in [0, 0.1) is 0 Å². The lowest BCUT2D eigenvalue weighted by Crippen LogP contribution is -2.66. The van der Waals surface area contributed by atoms with Crippen LogP contribution in [0.25, 0.3) is 43.1 Å². The molecule has 0 N–H and O–H groups in total. The number of para-hydroxylation sites is 4. The molecule has 60 heavy (non-hydrogen) atoms. The maximum Gasteiger partial charge on any atom is 0.266 e. The average molecular weight is 789 g/mol. The first kappa shape index (κ1) is 35.8. The maximum atomic E-state index is 14.7. The summed E-state index contributed by atoms with van der Waals surface area (Å²) in [5, 5.41) is 8.49. The van der Waals surface area contributed by atoms with Gasteiger partial charge in [-0.15, -0.1) is 0 Å². The Hall–Kier alpha value is -7.32. The average Bonchev–Trinajstić information content (AvgIpc) is 3.29. The van der Waals surface area contributed by atoms with Crippen molar-refractivity contribution < 1.29 is 28.5 Å². The van der Waals surface area contributed by atoms with Gasteiger partial charge in [-0.05, 0) is 103 Å². The number of fused-ring (bicyclic) bond motifs is 4. The van der Waals surface area contributed by atoms with Crippen molar-refractivity contribution in [1.29, 1.82) is 0 Å². The van der Waals surface area contributed by atoms with E-state index >= 15 is 0 Å². The number of ether oxygens (including phenoxy) is 4. The highest BCUT2D eigenvalue weighted by atomic mass is 16.5. The van der Waals surface area contributed by atoms with Crippen LogP contribution in [-0.2, 0) is 9.59 Å². The standard InChI is InChI=1S/C52H40N2O6/c55-51-49-47(45-37-19-5-1-15-33(37)31-34-16-2-6-20-38(34)45)53(51)27-28-54-48(46-39-21-7-3-17-35(39)32-36-18-4-8-22-40(36)46)50(52(54)56)60-44-26-12-10-24-42(44)58-30-14-13-29-57-41-23-9-11-25-43(41)59-49/h1-26,31-32,47-50H,27-30H2/b14-13+/t47-,48+,49+,50-. The van der Waals surface area contributed by atoms with Crippen molar-refractivity contribution in [2.45, 2.75) is 24.3 Å². The molecule has 8 heteroatoms. The molecule has 8 aromatic carbocycles. The third-order valence-electron chi connectivity index (χ3n) is 12.1. The summed E-state index contributed by atoms with van der Waals surface area (Å²) in [6.07, 6.45) is 2.09. The molecule has 294 valence electrons. The van der Waals surface area contributed by atoms with Gasteiger partial charge in [0, 0.05) is 13.1 Å². The van der Waals surface area contributed by atoms with Crippen molar-refractivity contribution >= 4 is 54.9 Å². The van der Waals surface area contributed by atoms with Crippen molar-refractivity contribution in [3.63, 3.8) is 0 Å². The van der Waals surface area contributed by atoms with Crippen LogP contribution in [-0.4, -0.2) is 60.1 Å². The fraction of sp³-hybridized carbons (Fsp3) is 0.154. The van der Waals surface area contributed by atoms with Crippen LogP contribution in [0.2, 0.25) is 0 Å². The summed E-state index contributed by atoms with van der Waals surface area (Å²) in [6.45, 7) is 1.08. The first-order valence-electron chi connectivity index (χ1n) is 20.5. The number of hydrogen-bond donors (Lipinski definition) is 0. The summed E-state index contributed by atoms with van der Waals surface area (Å²) < 4.78 is 25.9. The molecule has 0 radical (unpaired) electrons. The Bertz CT molecular complexity index is 2700. The molecule has 0 aromatic heterocycles. The van der Waals surface area contributed by atoms with Gasteiger partial charge in [-0.1, -0.05) is 121 Å². The van der Waals surface area contributed by atoms with Gasteiger partial charge in [0.15, 0.2) is 23.0 Å². The Morgan fingerprint density at radius 2 is 0.717 bits per heavy atom. The van der Waals surface area contributed by atoms with E-state index in [-0.39, 0.29) is 38.1 Å². The molecule has 8 aromatic rings. The lowest BCUT2D eigenvalue weighted by Gasteiger charge is -2.51. The number of carbonyl (C=O) groups excluding carboxylic acids is 2. The van der Waals surface area contributed by atoms with E-state index in [0.717, 1.165) is 54.2 Å². The molecule has 2 fully saturated rings. The Morgan fingerprint density at radius 1 is 0.400 bits per heavy atom. The topological polar surface area (TPSA) is 77.5 Å². The summed E-state index contributed by atoms with van der Waals surface area (Å²) in [4.78, 5) is 33.1. The van der Waals surface area contributed by atoms with Gasteiger partial charge in [0.05, 0.1) is 0 Å².